The lowest BCUT2D eigenvalue weighted by atomic mass is 9.74. The number of amides is 1. The predicted molar refractivity (Wildman–Crippen MR) is 59.5 cm³/mol. The first kappa shape index (κ1) is 15.2. The highest BCUT2D eigenvalue weighted by atomic mass is 19.4. The van der Waals surface area contributed by atoms with Gasteiger partial charge in [-0.2, -0.15) is 13.2 Å². The van der Waals surface area contributed by atoms with E-state index in [0.29, 0.717) is 6.54 Å². The minimum Gasteiger partial charge on any atom is -0.316 e. The van der Waals surface area contributed by atoms with Crippen molar-refractivity contribution in [3.63, 3.8) is 0 Å². The van der Waals surface area contributed by atoms with E-state index in [4.69, 9.17) is 0 Å². The summed E-state index contributed by atoms with van der Waals surface area (Å²) in [5.74, 6) is -0.416. The highest BCUT2D eigenvalue weighted by Gasteiger charge is 2.38. The molecule has 1 rings (SSSR count). The van der Waals surface area contributed by atoms with E-state index in [1.165, 1.54) is 0 Å². The van der Waals surface area contributed by atoms with Gasteiger partial charge in [0.25, 0.3) is 0 Å². The smallest absolute Gasteiger partial charge is 0.316 e. The number of rotatable bonds is 4. The SMILES string of the molecule is CC(C)(C(=O)NOCC(F)(F)F)C1CCCNC1. The maximum absolute atomic E-state index is 11.9. The van der Waals surface area contributed by atoms with Crippen molar-refractivity contribution in [1.82, 2.24) is 10.8 Å². The van der Waals surface area contributed by atoms with Gasteiger partial charge in [0.05, 0.1) is 0 Å². The molecule has 1 unspecified atom stereocenters. The summed E-state index contributed by atoms with van der Waals surface area (Å²) in [6, 6.07) is 0. The average molecular weight is 268 g/mol. The van der Waals surface area contributed by atoms with Crippen LogP contribution in [0.5, 0.6) is 0 Å². The average Bonchev–Trinajstić information content (AvgIpc) is 2.28. The normalized spacial score (nSPS) is 21.7. The maximum atomic E-state index is 11.9. The van der Waals surface area contributed by atoms with Gasteiger partial charge in [0.15, 0.2) is 6.61 Å². The molecule has 0 aliphatic carbocycles. The molecule has 0 radical (unpaired) electrons. The van der Waals surface area contributed by atoms with E-state index in [1.807, 2.05) is 5.48 Å². The molecule has 4 nitrogen and oxygen atoms in total. The molecule has 0 saturated carbocycles. The number of carbonyl (C=O) groups is 1. The summed E-state index contributed by atoms with van der Waals surface area (Å²) in [6.07, 6.45) is -2.60. The minimum absolute atomic E-state index is 0.0979. The van der Waals surface area contributed by atoms with Gasteiger partial charge in [-0.15, -0.1) is 0 Å². The Balaban J connectivity index is 2.43. The molecule has 0 spiro atoms. The summed E-state index contributed by atoms with van der Waals surface area (Å²) in [6.45, 7) is 3.57. The van der Waals surface area contributed by atoms with Gasteiger partial charge in [-0.1, -0.05) is 13.8 Å². The Kier molecular flexibility index (Phi) is 4.98. The third-order valence-corrected chi connectivity index (χ3v) is 3.30. The monoisotopic (exact) mass is 268 g/mol. The number of piperidine rings is 1. The van der Waals surface area contributed by atoms with Crippen molar-refractivity contribution < 1.29 is 22.8 Å². The quantitative estimate of drug-likeness (QED) is 0.762. The van der Waals surface area contributed by atoms with Gasteiger partial charge in [-0.05, 0) is 31.8 Å². The first-order valence-corrected chi connectivity index (χ1v) is 5.93. The van der Waals surface area contributed by atoms with Crippen LogP contribution in [0.3, 0.4) is 0 Å². The Morgan fingerprint density at radius 2 is 2.11 bits per heavy atom. The number of hydrogen-bond acceptors (Lipinski definition) is 3. The number of nitrogens with one attached hydrogen (secondary N) is 2. The fourth-order valence-electron chi connectivity index (χ4n) is 1.97. The Morgan fingerprint density at radius 1 is 1.44 bits per heavy atom. The largest absolute Gasteiger partial charge is 0.414 e. The molecule has 0 aromatic rings. The molecular weight excluding hydrogens is 249 g/mol. The van der Waals surface area contributed by atoms with E-state index < -0.39 is 24.1 Å². The first-order valence-electron chi connectivity index (χ1n) is 5.93. The molecule has 106 valence electrons. The Morgan fingerprint density at radius 3 is 2.61 bits per heavy atom. The number of hydrogen-bond donors (Lipinski definition) is 2. The summed E-state index contributed by atoms with van der Waals surface area (Å²) >= 11 is 0. The molecule has 18 heavy (non-hydrogen) atoms. The zero-order chi connectivity index (χ0) is 13.8. The van der Waals surface area contributed by atoms with Gasteiger partial charge in [-0.25, -0.2) is 5.48 Å². The Labute approximate surface area is 104 Å². The van der Waals surface area contributed by atoms with E-state index in [9.17, 15) is 18.0 Å². The predicted octanol–water partition coefficient (Wildman–Crippen LogP) is 1.62. The van der Waals surface area contributed by atoms with Crippen LogP contribution < -0.4 is 10.8 Å². The second-order valence-corrected chi connectivity index (χ2v) is 5.10. The molecule has 0 aromatic heterocycles. The Hall–Kier alpha value is -0.820. The van der Waals surface area contributed by atoms with E-state index in [1.54, 1.807) is 13.8 Å². The molecule has 0 bridgehead atoms. The summed E-state index contributed by atoms with van der Waals surface area (Å²) in [5, 5.41) is 3.18. The van der Waals surface area contributed by atoms with Crippen LogP contribution in [0.25, 0.3) is 0 Å². The summed E-state index contributed by atoms with van der Waals surface area (Å²) in [7, 11) is 0. The zero-order valence-corrected chi connectivity index (χ0v) is 10.6. The summed E-state index contributed by atoms with van der Waals surface area (Å²) in [4.78, 5) is 16.0. The molecule has 2 N–H and O–H groups in total. The Bertz CT molecular complexity index is 287. The molecule has 1 amide bonds. The second-order valence-electron chi connectivity index (χ2n) is 5.10. The van der Waals surface area contributed by atoms with Crippen LogP contribution in [-0.4, -0.2) is 31.8 Å². The van der Waals surface area contributed by atoms with Gasteiger partial charge in [-0.3, -0.25) is 9.63 Å². The van der Waals surface area contributed by atoms with Gasteiger partial charge >= 0.3 is 6.18 Å². The van der Waals surface area contributed by atoms with Crippen LogP contribution in [0.15, 0.2) is 0 Å². The highest BCUT2D eigenvalue weighted by molar-refractivity contribution is 5.81. The minimum atomic E-state index is -4.44. The van der Waals surface area contributed by atoms with Crippen molar-refractivity contribution in [3.05, 3.63) is 0 Å². The van der Waals surface area contributed by atoms with Crippen molar-refractivity contribution in [1.29, 1.82) is 0 Å². The lowest BCUT2D eigenvalue weighted by Gasteiger charge is -2.35. The van der Waals surface area contributed by atoms with Crippen LogP contribution in [0.2, 0.25) is 0 Å². The first-order chi connectivity index (χ1) is 8.23. The number of halogens is 3. The van der Waals surface area contributed by atoms with E-state index in [-0.39, 0.29) is 5.92 Å². The van der Waals surface area contributed by atoms with Crippen molar-refractivity contribution in [2.45, 2.75) is 32.9 Å². The third kappa shape index (κ3) is 4.45. The highest BCUT2D eigenvalue weighted by Crippen LogP contribution is 2.31. The van der Waals surface area contributed by atoms with Gasteiger partial charge < -0.3 is 5.32 Å². The maximum Gasteiger partial charge on any atom is 0.414 e. The van der Waals surface area contributed by atoms with Crippen molar-refractivity contribution >= 4 is 5.91 Å². The standard InChI is InChI=1S/C11H19F3N2O2/c1-10(2,8-4-3-5-15-6-8)9(17)16-18-7-11(12,13)14/h8,15H,3-7H2,1-2H3,(H,16,17). The fourth-order valence-corrected chi connectivity index (χ4v) is 1.97. The molecule has 1 atom stereocenters. The molecule has 1 saturated heterocycles. The van der Waals surface area contributed by atoms with Gasteiger partial charge in [0.1, 0.15) is 0 Å². The van der Waals surface area contributed by atoms with Crippen LogP contribution >= 0.6 is 0 Å². The second kappa shape index (κ2) is 5.88. The molecule has 1 heterocycles. The lowest BCUT2D eigenvalue weighted by Crippen LogP contribution is -2.47. The van der Waals surface area contributed by atoms with Gasteiger partial charge in [0, 0.05) is 5.41 Å². The van der Waals surface area contributed by atoms with E-state index >= 15 is 0 Å². The molecule has 7 heteroatoms. The molecule has 0 aromatic carbocycles. The summed E-state index contributed by atoms with van der Waals surface area (Å²) in [5.41, 5.74) is 1.14. The van der Waals surface area contributed by atoms with Crippen molar-refractivity contribution in [2.75, 3.05) is 19.7 Å². The topological polar surface area (TPSA) is 50.4 Å². The number of alkyl halides is 3. The van der Waals surface area contributed by atoms with Crippen LogP contribution in [0.4, 0.5) is 13.2 Å². The molecular formula is C11H19F3N2O2. The molecule has 1 aliphatic rings. The zero-order valence-electron chi connectivity index (χ0n) is 10.6. The van der Waals surface area contributed by atoms with E-state index in [2.05, 4.69) is 10.2 Å². The molecule has 1 aliphatic heterocycles. The third-order valence-electron chi connectivity index (χ3n) is 3.30. The lowest BCUT2D eigenvalue weighted by molar-refractivity contribution is -0.195. The van der Waals surface area contributed by atoms with Gasteiger partial charge in [0.2, 0.25) is 5.91 Å². The van der Waals surface area contributed by atoms with E-state index in [0.717, 1.165) is 19.4 Å². The molecule has 1 fully saturated rings. The number of carbonyl (C=O) groups excluding carboxylic acids is 1. The van der Waals surface area contributed by atoms with Crippen LogP contribution in [-0.2, 0) is 9.63 Å². The number of hydroxylamine groups is 1. The fraction of sp³-hybridized carbons (Fsp3) is 0.909. The van der Waals surface area contributed by atoms with Crippen molar-refractivity contribution in [3.8, 4) is 0 Å². The van der Waals surface area contributed by atoms with Crippen LogP contribution in [0, 0.1) is 11.3 Å². The van der Waals surface area contributed by atoms with Crippen LogP contribution in [0.1, 0.15) is 26.7 Å². The summed E-state index contributed by atoms with van der Waals surface area (Å²) < 4.78 is 35.6. The van der Waals surface area contributed by atoms with Crippen molar-refractivity contribution in [2.24, 2.45) is 11.3 Å².